The molecule has 0 fully saturated rings. The highest BCUT2D eigenvalue weighted by Crippen LogP contribution is 2.39. The van der Waals surface area contributed by atoms with E-state index in [0.29, 0.717) is 17.1 Å². The van der Waals surface area contributed by atoms with Crippen LogP contribution in [0.1, 0.15) is 42.5 Å². The van der Waals surface area contributed by atoms with E-state index in [1.165, 1.54) is 19.2 Å². The third-order valence-corrected chi connectivity index (χ3v) is 5.91. The molecule has 10 nitrogen and oxygen atoms in total. The number of hydrogen-bond acceptors (Lipinski definition) is 7. The van der Waals surface area contributed by atoms with Crippen LogP contribution < -0.4 is 20.7 Å². The quantitative estimate of drug-likeness (QED) is 0.537. The number of ether oxygens (including phenoxy) is 2. The van der Waals surface area contributed by atoms with Gasteiger partial charge in [0.15, 0.2) is 0 Å². The van der Waals surface area contributed by atoms with Crippen molar-refractivity contribution in [3.63, 3.8) is 0 Å². The maximum Gasteiger partial charge on any atom is 0.331 e. The average Bonchev–Trinajstić information content (AvgIpc) is 3.30. The van der Waals surface area contributed by atoms with E-state index < -0.39 is 23.2 Å². The molecule has 182 valence electrons. The Labute approximate surface area is 201 Å². The van der Waals surface area contributed by atoms with Gasteiger partial charge >= 0.3 is 5.69 Å². The molecule has 0 radical (unpaired) electrons. The summed E-state index contributed by atoms with van der Waals surface area (Å²) >= 11 is 0. The van der Waals surface area contributed by atoms with Crippen molar-refractivity contribution in [3.05, 3.63) is 86.1 Å². The minimum atomic E-state index is -0.776. The number of aromatic hydroxyl groups is 1. The van der Waals surface area contributed by atoms with Crippen LogP contribution in [0.15, 0.2) is 63.2 Å². The number of H-pyrrole nitrogens is 1. The number of nitrogens with one attached hydrogen (secondary N) is 1. The van der Waals surface area contributed by atoms with E-state index in [1.807, 2.05) is 18.2 Å². The molecule has 0 spiro atoms. The number of aromatic amines is 1. The van der Waals surface area contributed by atoms with E-state index in [1.54, 1.807) is 37.3 Å². The van der Waals surface area contributed by atoms with Crippen molar-refractivity contribution in [2.24, 2.45) is 5.10 Å². The van der Waals surface area contributed by atoms with Gasteiger partial charge in [-0.2, -0.15) is 5.10 Å². The molecule has 1 atom stereocenters. The molecule has 2 N–H and O–H groups in total. The molecule has 0 bridgehead atoms. The number of carbonyl (C=O) groups is 1. The molecule has 35 heavy (non-hydrogen) atoms. The Hall–Kier alpha value is -4.34. The van der Waals surface area contributed by atoms with Gasteiger partial charge in [0.05, 0.1) is 32.5 Å². The van der Waals surface area contributed by atoms with Crippen LogP contribution in [0.3, 0.4) is 0 Å². The SMILES string of the molecule is CCC(=O)N1N=C(c2c(O)n(Cc3ccccc3)c(=O)[nH]c2=O)CC1c1ccc(OC)cc1OC. The van der Waals surface area contributed by atoms with Gasteiger partial charge in [0.1, 0.15) is 17.1 Å². The van der Waals surface area contributed by atoms with E-state index in [2.05, 4.69) is 10.1 Å². The van der Waals surface area contributed by atoms with Gasteiger partial charge < -0.3 is 14.6 Å². The predicted octanol–water partition coefficient (Wildman–Crippen LogP) is 2.40. The molecule has 3 aromatic rings. The first-order valence-corrected chi connectivity index (χ1v) is 11.1. The van der Waals surface area contributed by atoms with Crippen LogP contribution in [0.5, 0.6) is 17.4 Å². The van der Waals surface area contributed by atoms with Crippen molar-refractivity contribution in [3.8, 4) is 17.4 Å². The summed E-state index contributed by atoms with van der Waals surface area (Å²) in [6.07, 6.45) is 0.316. The largest absolute Gasteiger partial charge is 0.497 e. The summed E-state index contributed by atoms with van der Waals surface area (Å²) in [5.74, 6) is 0.302. The second kappa shape index (κ2) is 9.88. The zero-order valence-corrected chi connectivity index (χ0v) is 19.6. The van der Waals surface area contributed by atoms with Gasteiger partial charge in [-0.15, -0.1) is 0 Å². The van der Waals surface area contributed by atoms with Gasteiger partial charge in [-0.1, -0.05) is 37.3 Å². The maximum absolute atomic E-state index is 12.8. The summed E-state index contributed by atoms with van der Waals surface area (Å²) in [7, 11) is 3.05. The lowest BCUT2D eigenvalue weighted by Gasteiger charge is -2.23. The smallest absolute Gasteiger partial charge is 0.331 e. The Morgan fingerprint density at radius 2 is 1.89 bits per heavy atom. The summed E-state index contributed by atoms with van der Waals surface area (Å²) < 4.78 is 11.9. The Morgan fingerprint density at radius 1 is 1.14 bits per heavy atom. The molecule has 4 rings (SSSR count). The van der Waals surface area contributed by atoms with Crippen LogP contribution in [0, 0.1) is 0 Å². The fourth-order valence-corrected chi connectivity index (χ4v) is 4.12. The molecule has 1 aromatic heterocycles. The lowest BCUT2D eigenvalue weighted by atomic mass is 9.98. The third kappa shape index (κ3) is 4.54. The van der Waals surface area contributed by atoms with Crippen LogP contribution in [-0.4, -0.2) is 45.5 Å². The number of nitrogens with zero attached hydrogens (tertiary/aromatic N) is 3. The molecule has 10 heteroatoms. The first-order chi connectivity index (χ1) is 16.9. The highest BCUT2D eigenvalue weighted by atomic mass is 16.5. The first-order valence-electron chi connectivity index (χ1n) is 11.1. The molecule has 2 aromatic carbocycles. The van der Waals surface area contributed by atoms with E-state index in [4.69, 9.17) is 9.47 Å². The molecular formula is C25H26N4O6. The molecule has 2 heterocycles. The van der Waals surface area contributed by atoms with Gasteiger partial charge in [-0.25, -0.2) is 9.80 Å². The topological polar surface area (TPSA) is 126 Å². The van der Waals surface area contributed by atoms with Crippen molar-refractivity contribution >= 4 is 11.6 Å². The molecule has 0 saturated carbocycles. The Balaban J connectivity index is 1.79. The van der Waals surface area contributed by atoms with Crippen molar-refractivity contribution < 1.29 is 19.4 Å². The van der Waals surface area contributed by atoms with Gasteiger partial charge in [0.25, 0.3) is 5.56 Å². The summed E-state index contributed by atoms with van der Waals surface area (Å²) in [5, 5.41) is 16.7. The summed E-state index contributed by atoms with van der Waals surface area (Å²) in [6, 6.07) is 13.7. The maximum atomic E-state index is 12.8. The standard InChI is InChI=1S/C25H26N4O6/c1-4-21(30)29-19(17-11-10-16(34-2)12-20(17)35-3)13-18(27-29)22-23(31)26-25(33)28(24(22)32)14-15-8-6-5-7-9-15/h5-12,19,32H,4,13-14H2,1-3H3,(H,26,31,33). The van der Waals surface area contributed by atoms with E-state index in [0.717, 1.165) is 10.1 Å². The molecule has 1 aliphatic heterocycles. The normalized spacial score (nSPS) is 15.1. The Bertz CT molecular complexity index is 1390. The van der Waals surface area contributed by atoms with E-state index >= 15 is 0 Å². The highest BCUT2D eigenvalue weighted by molar-refractivity contribution is 6.04. The lowest BCUT2D eigenvalue weighted by molar-refractivity contribution is -0.132. The van der Waals surface area contributed by atoms with Gasteiger partial charge in [-0.05, 0) is 17.7 Å². The third-order valence-electron chi connectivity index (χ3n) is 5.91. The lowest BCUT2D eigenvalue weighted by Crippen LogP contribution is -2.34. The average molecular weight is 479 g/mol. The van der Waals surface area contributed by atoms with Crippen LogP contribution in [0.25, 0.3) is 0 Å². The fourth-order valence-electron chi connectivity index (χ4n) is 4.12. The minimum absolute atomic E-state index is 0.0515. The number of aromatic nitrogens is 2. The van der Waals surface area contributed by atoms with Gasteiger partial charge in [0, 0.05) is 24.5 Å². The fraction of sp³-hybridized carbons (Fsp3) is 0.280. The zero-order chi connectivity index (χ0) is 25.1. The number of amides is 1. The number of rotatable bonds is 7. The van der Waals surface area contributed by atoms with Crippen molar-refractivity contribution in [2.75, 3.05) is 14.2 Å². The monoisotopic (exact) mass is 478 g/mol. The molecule has 1 unspecified atom stereocenters. The van der Waals surface area contributed by atoms with Crippen LogP contribution >= 0.6 is 0 Å². The molecular weight excluding hydrogens is 452 g/mol. The minimum Gasteiger partial charge on any atom is -0.497 e. The van der Waals surface area contributed by atoms with Crippen molar-refractivity contribution in [1.29, 1.82) is 0 Å². The number of methoxy groups -OCH3 is 2. The first kappa shape index (κ1) is 23.8. The molecule has 1 amide bonds. The summed E-state index contributed by atoms with van der Waals surface area (Å²) in [5.41, 5.74) is -0.0442. The highest BCUT2D eigenvalue weighted by Gasteiger charge is 2.36. The number of hydrogen-bond donors (Lipinski definition) is 2. The van der Waals surface area contributed by atoms with Gasteiger partial charge in [-0.3, -0.25) is 19.1 Å². The van der Waals surface area contributed by atoms with E-state index in [9.17, 15) is 19.5 Å². The Morgan fingerprint density at radius 3 is 2.54 bits per heavy atom. The Kier molecular flexibility index (Phi) is 6.72. The number of carbonyl (C=O) groups excluding carboxylic acids is 1. The summed E-state index contributed by atoms with van der Waals surface area (Å²) in [4.78, 5) is 40.3. The van der Waals surface area contributed by atoms with E-state index in [-0.39, 0.29) is 36.6 Å². The second-order valence-corrected chi connectivity index (χ2v) is 8.00. The second-order valence-electron chi connectivity index (χ2n) is 8.00. The predicted molar refractivity (Wildman–Crippen MR) is 129 cm³/mol. The van der Waals surface area contributed by atoms with Crippen molar-refractivity contribution in [2.45, 2.75) is 32.4 Å². The van der Waals surface area contributed by atoms with Gasteiger partial charge in [0.2, 0.25) is 11.8 Å². The molecule has 0 saturated heterocycles. The molecule has 1 aliphatic rings. The van der Waals surface area contributed by atoms with Crippen LogP contribution in [-0.2, 0) is 11.3 Å². The van der Waals surface area contributed by atoms with Crippen LogP contribution in [0.4, 0.5) is 0 Å². The molecule has 0 aliphatic carbocycles. The zero-order valence-electron chi connectivity index (χ0n) is 19.6. The number of hydrazone groups is 1. The summed E-state index contributed by atoms with van der Waals surface area (Å²) in [6.45, 7) is 1.76. The van der Waals surface area contributed by atoms with Crippen molar-refractivity contribution in [1.82, 2.24) is 14.6 Å². The van der Waals surface area contributed by atoms with Crippen LogP contribution in [0.2, 0.25) is 0 Å². The number of benzene rings is 2.